The molecular formula is C22H20N4O4S. The lowest BCUT2D eigenvalue weighted by atomic mass is 10.1. The Hall–Kier alpha value is -3.30. The monoisotopic (exact) mass is 436 g/mol. The standard InChI is InChI=1S/C22H20N4O4S/c1-13-9-16-18(10-14(13)2)25-21(27)20(31-22(25)23-16)12-15-3-4-17(19(11-15)26(28)29)24-5-7-30-8-6-24/h3-4,9-12H,5-8H2,1-2H3. The molecule has 1 fully saturated rings. The lowest BCUT2D eigenvalue weighted by Gasteiger charge is -2.28. The van der Waals surface area contributed by atoms with Gasteiger partial charge in [0.15, 0.2) is 4.96 Å². The Balaban J connectivity index is 1.62. The van der Waals surface area contributed by atoms with E-state index < -0.39 is 0 Å². The zero-order valence-electron chi connectivity index (χ0n) is 17.1. The number of aryl methyl sites for hydroxylation is 2. The van der Waals surface area contributed by atoms with Gasteiger partial charge in [-0.25, -0.2) is 9.38 Å². The summed E-state index contributed by atoms with van der Waals surface area (Å²) in [6, 6.07) is 9.05. The molecule has 0 spiro atoms. The highest BCUT2D eigenvalue weighted by Crippen LogP contribution is 2.30. The number of rotatable bonds is 3. The first-order valence-electron chi connectivity index (χ1n) is 9.97. The number of anilines is 1. The summed E-state index contributed by atoms with van der Waals surface area (Å²) in [4.78, 5) is 31.6. The Kier molecular flexibility index (Phi) is 4.71. The quantitative estimate of drug-likeness (QED) is 0.362. The van der Waals surface area contributed by atoms with Gasteiger partial charge in [0.1, 0.15) is 5.69 Å². The van der Waals surface area contributed by atoms with Crippen molar-refractivity contribution in [2.24, 2.45) is 0 Å². The highest BCUT2D eigenvalue weighted by atomic mass is 32.1. The molecule has 1 aliphatic rings. The Morgan fingerprint density at radius 1 is 1.16 bits per heavy atom. The van der Waals surface area contributed by atoms with Crippen molar-refractivity contribution in [3.05, 3.63) is 72.0 Å². The van der Waals surface area contributed by atoms with Crippen LogP contribution < -0.4 is 15.0 Å². The Labute approximate surface area is 181 Å². The summed E-state index contributed by atoms with van der Waals surface area (Å²) in [5, 5.41) is 11.7. The Morgan fingerprint density at radius 2 is 1.90 bits per heavy atom. The van der Waals surface area contributed by atoms with E-state index in [0.717, 1.165) is 22.2 Å². The predicted octanol–water partition coefficient (Wildman–Crippen LogP) is 2.82. The molecule has 0 N–H and O–H groups in total. The molecule has 0 saturated carbocycles. The molecule has 2 aromatic heterocycles. The third-order valence-corrected chi connectivity index (χ3v) is 6.67. The van der Waals surface area contributed by atoms with Crippen molar-refractivity contribution in [3.8, 4) is 0 Å². The number of morpholine rings is 1. The molecule has 2 aromatic carbocycles. The Morgan fingerprint density at radius 3 is 2.65 bits per heavy atom. The molecular weight excluding hydrogens is 416 g/mol. The second-order valence-electron chi connectivity index (χ2n) is 7.68. The van der Waals surface area contributed by atoms with E-state index in [1.54, 1.807) is 16.5 Å². The summed E-state index contributed by atoms with van der Waals surface area (Å²) in [5.41, 5.74) is 4.86. The summed E-state index contributed by atoms with van der Waals surface area (Å²) in [6.45, 7) is 6.35. The van der Waals surface area contributed by atoms with Gasteiger partial charge < -0.3 is 9.64 Å². The molecule has 0 radical (unpaired) electrons. The van der Waals surface area contributed by atoms with Crippen LogP contribution in [0.3, 0.4) is 0 Å². The molecule has 4 aromatic rings. The summed E-state index contributed by atoms with van der Waals surface area (Å²) < 4.78 is 7.46. The van der Waals surface area contributed by atoms with Gasteiger partial charge in [0, 0.05) is 19.2 Å². The fraction of sp³-hybridized carbons (Fsp3) is 0.273. The van der Waals surface area contributed by atoms with Crippen molar-refractivity contribution in [3.63, 3.8) is 0 Å². The fourth-order valence-corrected chi connectivity index (χ4v) is 4.90. The summed E-state index contributed by atoms with van der Waals surface area (Å²) >= 11 is 1.29. The average Bonchev–Trinajstić information content (AvgIpc) is 3.25. The number of aromatic nitrogens is 2. The van der Waals surface area contributed by atoms with Crippen molar-refractivity contribution in [1.82, 2.24) is 9.38 Å². The molecule has 0 bridgehead atoms. The van der Waals surface area contributed by atoms with Crippen LogP contribution in [0.15, 0.2) is 35.1 Å². The second-order valence-corrected chi connectivity index (χ2v) is 8.68. The highest BCUT2D eigenvalue weighted by Gasteiger charge is 2.22. The van der Waals surface area contributed by atoms with E-state index in [2.05, 4.69) is 4.98 Å². The van der Waals surface area contributed by atoms with Crippen molar-refractivity contribution in [2.75, 3.05) is 31.2 Å². The van der Waals surface area contributed by atoms with Crippen LogP contribution >= 0.6 is 11.3 Å². The Bertz CT molecular complexity index is 1450. The SMILES string of the molecule is Cc1cc2nc3sc(=Cc4ccc(N5CCOCC5)c([N+](=O)[O-])c4)c(=O)n3c2cc1C. The van der Waals surface area contributed by atoms with Gasteiger partial charge in [-0.1, -0.05) is 17.4 Å². The minimum absolute atomic E-state index is 0.0287. The van der Waals surface area contributed by atoms with Crippen LogP contribution in [0.2, 0.25) is 0 Å². The number of ether oxygens (including phenoxy) is 1. The first-order valence-corrected chi connectivity index (χ1v) is 10.8. The van der Waals surface area contributed by atoms with Crippen LogP contribution in [0.1, 0.15) is 16.7 Å². The maximum absolute atomic E-state index is 13.1. The van der Waals surface area contributed by atoms with Crippen molar-refractivity contribution in [1.29, 1.82) is 0 Å². The van der Waals surface area contributed by atoms with Crippen molar-refractivity contribution >= 4 is 44.8 Å². The van der Waals surface area contributed by atoms with E-state index in [9.17, 15) is 14.9 Å². The molecule has 8 nitrogen and oxygen atoms in total. The molecule has 0 aliphatic carbocycles. The van der Waals surface area contributed by atoms with Gasteiger partial charge in [-0.2, -0.15) is 0 Å². The molecule has 31 heavy (non-hydrogen) atoms. The minimum Gasteiger partial charge on any atom is -0.378 e. The van der Waals surface area contributed by atoms with Gasteiger partial charge in [-0.3, -0.25) is 14.9 Å². The molecule has 9 heteroatoms. The fourth-order valence-electron chi connectivity index (χ4n) is 3.92. The number of hydrogen-bond acceptors (Lipinski definition) is 7. The molecule has 0 unspecified atom stereocenters. The van der Waals surface area contributed by atoms with E-state index >= 15 is 0 Å². The lowest BCUT2D eigenvalue weighted by Crippen LogP contribution is -2.36. The number of thiazole rings is 1. The molecule has 158 valence electrons. The molecule has 5 rings (SSSR count). The van der Waals surface area contributed by atoms with Gasteiger partial charge in [0.25, 0.3) is 11.2 Å². The molecule has 3 heterocycles. The van der Waals surface area contributed by atoms with Crippen LogP contribution in [0.5, 0.6) is 0 Å². The van der Waals surface area contributed by atoms with Gasteiger partial charge in [0.2, 0.25) is 0 Å². The van der Waals surface area contributed by atoms with Crippen LogP contribution in [-0.2, 0) is 4.74 Å². The maximum atomic E-state index is 13.1. The van der Waals surface area contributed by atoms with E-state index in [1.165, 1.54) is 17.4 Å². The number of fused-ring (bicyclic) bond motifs is 3. The van der Waals surface area contributed by atoms with Crippen LogP contribution in [0.25, 0.3) is 22.1 Å². The zero-order chi connectivity index (χ0) is 21.7. The third kappa shape index (κ3) is 3.35. The summed E-state index contributed by atoms with van der Waals surface area (Å²) in [7, 11) is 0. The molecule has 0 amide bonds. The summed E-state index contributed by atoms with van der Waals surface area (Å²) in [6.07, 6.45) is 1.70. The number of nitro groups is 1. The number of nitrogens with zero attached hydrogens (tertiary/aromatic N) is 4. The molecule has 1 aliphatic heterocycles. The molecule has 1 saturated heterocycles. The smallest absolute Gasteiger partial charge is 0.293 e. The number of benzene rings is 2. The van der Waals surface area contributed by atoms with Gasteiger partial charge in [-0.05, 0) is 54.8 Å². The van der Waals surface area contributed by atoms with Crippen molar-refractivity contribution in [2.45, 2.75) is 13.8 Å². The lowest BCUT2D eigenvalue weighted by molar-refractivity contribution is -0.384. The maximum Gasteiger partial charge on any atom is 0.293 e. The van der Waals surface area contributed by atoms with Gasteiger partial charge in [0.05, 0.1) is 33.7 Å². The molecule has 0 atom stereocenters. The first kappa shape index (κ1) is 19.7. The third-order valence-electron chi connectivity index (χ3n) is 5.70. The van der Waals surface area contributed by atoms with Gasteiger partial charge >= 0.3 is 0 Å². The summed E-state index contributed by atoms with van der Waals surface area (Å²) in [5.74, 6) is 0. The number of imidazole rings is 1. The van der Waals surface area contributed by atoms with Crippen molar-refractivity contribution < 1.29 is 9.66 Å². The van der Waals surface area contributed by atoms with Crippen LogP contribution in [0.4, 0.5) is 11.4 Å². The predicted molar refractivity (Wildman–Crippen MR) is 121 cm³/mol. The van der Waals surface area contributed by atoms with E-state index in [1.807, 2.05) is 36.9 Å². The number of hydrogen-bond donors (Lipinski definition) is 0. The van der Waals surface area contributed by atoms with Crippen LogP contribution in [-0.4, -0.2) is 40.6 Å². The topological polar surface area (TPSA) is 90.0 Å². The van der Waals surface area contributed by atoms with Gasteiger partial charge in [-0.15, -0.1) is 0 Å². The normalized spacial score (nSPS) is 15.3. The number of nitro benzene ring substituents is 1. The van der Waals surface area contributed by atoms with E-state index in [4.69, 9.17) is 4.74 Å². The second kappa shape index (κ2) is 7.44. The minimum atomic E-state index is -0.375. The zero-order valence-corrected chi connectivity index (χ0v) is 17.9. The van der Waals surface area contributed by atoms with Crippen LogP contribution in [0, 0.1) is 24.0 Å². The average molecular weight is 436 g/mol. The highest BCUT2D eigenvalue weighted by molar-refractivity contribution is 7.15. The largest absolute Gasteiger partial charge is 0.378 e. The van der Waals surface area contributed by atoms with E-state index in [0.29, 0.717) is 47.0 Å². The van der Waals surface area contributed by atoms with E-state index in [-0.39, 0.29) is 16.2 Å². The first-order chi connectivity index (χ1) is 14.9.